The summed E-state index contributed by atoms with van der Waals surface area (Å²) < 4.78 is 0. The van der Waals surface area contributed by atoms with Crippen molar-refractivity contribution in [2.24, 2.45) is 0 Å². The molecule has 87 heavy (non-hydrogen) atoms. The Labute approximate surface area is 523 Å². The van der Waals surface area contributed by atoms with Crippen LogP contribution in [-0.2, 0) is 14.4 Å². The third-order valence-corrected chi connectivity index (χ3v) is 14.2. The van der Waals surface area contributed by atoms with Gasteiger partial charge in [-0.2, -0.15) is 0 Å². The molecule has 520 valence electrons. The molecule has 0 saturated carbocycles. The van der Waals surface area contributed by atoms with Crippen LogP contribution in [0.4, 0.5) is 0 Å². The van der Waals surface area contributed by atoms with Crippen LogP contribution in [0.5, 0.6) is 0 Å². The molecular formula is C66H130O21. The molecule has 0 unspecified atom stereocenters. The smallest absolute Gasteiger partial charge is 0.303 e. The van der Waals surface area contributed by atoms with E-state index in [9.17, 15) is 29.7 Å². The Morgan fingerprint density at radius 2 is 0.471 bits per heavy atom. The van der Waals surface area contributed by atoms with E-state index in [0.29, 0.717) is 19.3 Å². The molecule has 0 aromatic rings. The van der Waals surface area contributed by atoms with E-state index in [0.717, 1.165) is 154 Å². The number of hydrogen-bond acceptors (Lipinski definition) is 18. The normalized spacial score (nSPS) is 15.2. The molecule has 0 spiro atoms. The van der Waals surface area contributed by atoms with Crippen LogP contribution in [0.15, 0.2) is 36.5 Å². The number of rotatable bonds is 55. The molecule has 0 aliphatic carbocycles. The first-order valence-electron chi connectivity index (χ1n) is 33.1. The highest BCUT2D eigenvalue weighted by Gasteiger charge is 2.30. The molecule has 21 nitrogen and oxygen atoms in total. The van der Waals surface area contributed by atoms with Gasteiger partial charge in [0.1, 0.15) is 48.8 Å². The summed E-state index contributed by atoms with van der Waals surface area (Å²) in [5, 5.41) is 159. The topological polar surface area (TPSA) is 415 Å². The maximum Gasteiger partial charge on any atom is 0.303 e. The van der Waals surface area contributed by atoms with Crippen LogP contribution in [0.25, 0.3) is 0 Å². The molecule has 21 heteroatoms. The van der Waals surface area contributed by atoms with Gasteiger partial charge in [-0.25, -0.2) is 0 Å². The van der Waals surface area contributed by atoms with Gasteiger partial charge in [0.2, 0.25) is 0 Å². The van der Waals surface area contributed by atoms with Crippen molar-refractivity contribution in [2.45, 2.75) is 338 Å². The third kappa shape index (κ3) is 73.7. The van der Waals surface area contributed by atoms with Crippen molar-refractivity contribution in [3.05, 3.63) is 36.5 Å². The molecule has 0 amide bonds. The van der Waals surface area contributed by atoms with Gasteiger partial charge in [-0.15, -0.1) is 0 Å². The number of carboxylic acids is 3. The molecule has 18 N–H and O–H groups in total. The number of unbranched alkanes of at least 4 members (excludes halogenated alkanes) is 24. The lowest BCUT2D eigenvalue weighted by Gasteiger charge is -2.24. The van der Waals surface area contributed by atoms with Crippen LogP contribution < -0.4 is 0 Å². The van der Waals surface area contributed by atoms with Gasteiger partial charge < -0.3 is 91.9 Å². The van der Waals surface area contributed by atoms with Crippen molar-refractivity contribution in [3.63, 3.8) is 0 Å². The highest BCUT2D eigenvalue weighted by molar-refractivity contribution is 5.67. The number of carboxylic acid groups (broad SMARTS) is 3. The van der Waals surface area contributed by atoms with Gasteiger partial charge >= 0.3 is 17.9 Å². The van der Waals surface area contributed by atoms with Gasteiger partial charge in [0.25, 0.3) is 0 Å². The van der Waals surface area contributed by atoms with Gasteiger partial charge in [-0.1, -0.05) is 192 Å². The second-order valence-electron chi connectivity index (χ2n) is 22.7. The Morgan fingerprint density at radius 3 is 0.667 bits per heavy atom. The molecule has 0 fully saturated rings. The number of allylic oxidation sites excluding steroid dienone is 3. The van der Waals surface area contributed by atoms with Crippen molar-refractivity contribution in [1.82, 2.24) is 0 Å². The van der Waals surface area contributed by atoms with Crippen LogP contribution in [0.1, 0.15) is 271 Å². The van der Waals surface area contributed by atoms with Crippen LogP contribution >= 0.6 is 0 Å². The van der Waals surface area contributed by atoms with Crippen molar-refractivity contribution in [2.75, 3.05) is 26.4 Å². The van der Waals surface area contributed by atoms with E-state index in [-0.39, 0.29) is 18.3 Å². The largest absolute Gasteiger partial charge is 0.481 e. The lowest BCUT2D eigenvalue weighted by atomic mass is 10.0. The molecule has 0 aromatic carbocycles. The van der Waals surface area contributed by atoms with Crippen molar-refractivity contribution >= 4 is 17.9 Å². The van der Waals surface area contributed by atoms with E-state index in [2.05, 4.69) is 57.2 Å². The molecule has 0 aromatic heterocycles. The fraction of sp³-hybridized carbons (Fsp3) is 0.864. The minimum atomic E-state index is -1.67. The molecular weight excluding hydrogens is 1130 g/mol. The fourth-order valence-electron chi connectivity index (χ4n) is 8.44. The lowest BCUT2D eigenvalue weighted by Crippen LogP contribution is -2.46. The van der Waals surface area contributed by atoms with Crippen LogP contribution in [0, 0.1) is 0 Å². The Hall–Kier alpha value is -2.97. The standard InChI is InChI=1S/3C18H34O3.2C6H14O6/c3*1-2-3-4-11-14-17(19)15-12-9-7-5-6-8-10-13-16-18(20)21;2*7-1-3(9)5(11)6(12)4(10)2-8/h3*9,12,17,19H,2-8,10-11,13-16H2,1H3,(H,20,21);2*3-12H,1-2H2/b3*12-9-;;/t3*17-;2*3-,4+,5-,6-/m11111/s1. The van der Waals surface area contributed by atoms with Gasteiger partial charge in [0.15, 0.2) is 0 Å². The Balaban J connectivity index is -0.000000329. The molecule has 0 bridgehead atoms. The van der Waals surface area contributed by atoms with Crippen LogP contribution in [0.2, 0.25) is 0 Å². The van der Waals surface area contributed by atoms with E-state index in [1.165, 1.54) is 77.0 Å². The van der Waals surface area contributed by atoms with E-state index >= 15 is 0 Å². The maximum absolute atomic E-state index is 10.3. The fourth-order valence-corrected chi connectivity index (χ4v) is 8.44. The average Bonchev–Trinajstić information content (AvgIpc) is 3.71. The van der Waals surface area contributed by atoms with Crippen molar-refractivity contribution < 1.29 is 106 Å². The van der Waals surface area contributed by atoms with Gasteiger partial charge in [-0.05, 0) is 96.3 Å². The minimum absolute atomic E-state index is 0.172. The average molecular weight is 1260 g/mol. The lowest BCUT2D eigenvalue weighted by molar-refractivity contribution is -0.138. The first-order chi connectivity index (χ1) is 41.6. The first-order valence-corrected chi connectivity index (χ1v) is 33.1. The number of aliphatic hydroxyl groups excluding tert-OH is 15. The Bertz CT molecular complexity index is 1340. The summed E-state index contributed by atoms with van der Waals surface area (Å²) >= 11 is 0. The third-order valence-electron chi connectivity index (χ3n) is 14.2. The Morgan fingerprint density at radius 1 is 0.276 bits per heavy atom. The predicted molar refractivity (Wildman–Crippen MR) is 342 cm³/mol. The molecule has 0 radical (unpaired) electrons. The van der Waals surface area contributed by atoms with E-state index in [1.807, 2.05) is 0 Å². The summed E-state index contributed by atoms with van der Waals surface area (Å²) in [6.07, 6.45) is 39.3. The SMILES string of the molecule is CCCCCC[C@@H](O)C/C=C\CCCCCCCC(=O)O.CCCCCC[C@@H](O)C/C=C\CCCCCCCC(=O)O.CCCCCC[C@@H](O)C/C=C\CCCCCCCC(=O)O.OC[C@@H](O)[C@@H](O)[C@H](O)[C@@H](O)CO.OC[C@@H](O)[C@@H](O)[C@H](O)[C@@H](O)CO. The summed E-state index contributed by atoms with van der Waals surface area (Å²) in [4.78, 5) is 31.0. The summed E-state index contributed by atoms with van der Waals surface area (Å²) in [6, 6.07) is 0. The summed E-state index contributed by atoms with van der Waals surface area (Å²) in [6.45, 7) is 3.70. The van der Waals surface area contributed by atoms with E-state index < -0.39 is 93.2 Å². The molecule has 0 aliphatic heterocycles. The zero-order valence-corrected chi connectivity index (χ0v) is 54.0. The second kappa shape index (κ2) is 72.1. The second-order valence-corrected chi connectivity index (χ2v) is 22.7. The van der Waals surface area contributed by atoms with Crippen molar-refractivity contribution in [3.8, 4) is 0 Å². The zero-order valence-electron chi connectivity index (χ0n) is 54.0. The minimum Gasteiger partial charge on any atom is -0.481 e. The predicted octanol–water partition coefficient (Wildman–Crippen LogP) is 8.07. The molecule has 0 rings (SSSR count). The molecule has 0 aliphatic rings. The summed E-state index contributed by atoms with van der Waals surface area (Å²) in [5.41, 5.74) is 0. The van der Waals surface area contributed by atoms with Gasteiger partial charge in [0, 0.05) is 19.3 Å². The Kier molecular flexibility index (Phi) is 76.9. The molecule has 0 saturated heterocycles. The number of aliphatic carboxylic acids is 3. The van der Waals surface area contributed by atoms with E-state index in [1.54, 1.807) is 0 Å². The number of carbonyl (C=O) groups is 3. The molecule has 11 atom stereocenters. The number of aliphatic hydroxyl groups is 15. The monoisotopic (exact) mass is 1260 g/mol. The van der Waals surface area contributed by atoms with Gasteiger partial charge in [0.05, 0.1) is 44.7 Å². The molecule has 0 heterocycles. The van der Waals surface area contributed by atoms with E-state index in [4.69, 9.17) is 76.6 Å². The quantitative estimate of drug-likeness (QED) is 0.0202. The summed E-state index contributed by atoms with van der Waals surface area (Å²) in [7, 11) is 0. The van der Waals surface area contributed by atoms with Crippen LogP contribution in [0.3, 0.4) is 0 Å². The zero-order chi connectivity index (χ0) is 66.7. The van der Waals surface area contributed by atoms with Gasteiger partial charge in [-0.3, -0.25) is 14.4 Å². The first kappa shape index (κ1) is 92.8. The maximum atomic E-state index is 10.3. The van der Waals surface area contributed by atoms with Crippen LogP contribution in [-0.4, -0.2) is 203 Å². The highest BCUT2D eigenvalue weighted by atomic mass is 16.4. The highest BCUT2D eigenvalue weighted by Crippen LogP contribution is 2.15. The number of hydrogen-bond donors (Lipinski definition) is 18. The summed E-state index contributed by atoms with van der Waals surface area (Å²) in [5.74, 6) is -2.07. The van der Waals surface area contributed by atoms with Crippen molar-refractivity contribution in [1.29, 1.82) is 0 Å².